The van der Waals surface area contributed by atoms with Crippen molar-refractivity contribution < 1.29 is 9.90 Å². The molecular weight excluding hydrogens is 172 g/mol. The second kappa shape index (κ2) is 2.76. The lowest BCUT2D eigenvalue weighted by Gasteiger charge is -2.16. The van der Waals surface area contributed by atoms with E-state index in [4.69, 9.17) is 0 Å². The van der Waals surface area contributed by atoms with Crippen LogP contribution in [0.3, 0.4) is 0 Å². The molecule has 2 rings (SSSR count). The van der Waals surface area contributed by atoms with Gasteiger partial charge >= 0.3 is 0 Å². The van der Waals surface area contributed by atoms with Crippen molar-refractivity contribution in [3.63, 3.8) is 0 Å². The number of aromatic hydroxyl groups is 1. The van der Waals surface area contributed by atoms with Gasteiger partial charge in [0.05, 0.1) is 0 Å². The minimum Gasteiger partial charge on any atom is -0.493 e. The predicted octanol–water partition coefficient (Wildman–Crippen LogP) is -0.0383. The van der Waals surface area contributed by atoms with E-state index in [2.05, 4.69) is 0 Å². The van der Waals surface area contributed by atoms with Gasteiger partial charge in [0.1, 0.15) is 5.56 Å². The first-order valence-electron chi connectivity index (χ1n) is 4.23. The summed E-state index contributed by atoms with van der Waals surface area (Å²) in [5.41, 5.74) is -0.505. The van der Waals surface area contributed by atoms with Crippen LogP contribution >= 0.6 is 0 Å². The summed E-state index contributed by atoms with van der Waals surface area (Å²) in [6.45, 7) is 1.19. The third-order valence-corrected chi connectivity index (χ3v) is 2.35. The second-order valence-electron chi connectivity index (χ2n) is 3.11. The quantitative estimate of drug-likeness (QED) is 0.620. The summed E-state index contributed by atoms with van der Waals surface area (Å²) in [7, 11) is 0. The maximum absolute atomic E-state index is 11.4. The van der Waals surface area contributed by atoms with Crippen LogP contribution in [0.1, 0.15) is 23.2 Å². The van der Waals surface area contributed by atoms with Gasteiger partial charge in [0.2, 0.25) is 5.88 Å². The molecule has 0 aliphatic carbocycles. The lowest BCUT2D eigenvalue weighted by molar-refractivity contribution is 0.111. The van der Waals surface area contributed by atoms with E-state index in [1.165, 1.54) is 9.36 Å². The van der Waals surface area contributed by atoms with Crippen molar-refractivity contribution in [2.75, 3.05) is 0 Å². The summed E-state index contributed by atoms with van der Waals surface area (Å²) >= 11 is 0. The number of carbonyl (C=O) groups is 1. The topological polar surface area (TPSA) is 64.2 Å². The standard InChI is InChI=1S/C8H10N2O3/c11-5-6-7(12)9-3-1-2-4-10(9)8(6)13/h5,12H,1-4H2. The van der Waals surface area contributed by atoms with Crippen molar-refractivity contribution in [1.82, 2.24) is 9.36 Å². The highest BCUT2D eigenvalue weighted by Gasteiger charge is 2.20. The maximum Gasteiger partial charge on any atom is 0.281 e. The minimum atomic E-state index is -0.382. The van der Waals surface area contributed by atoms with Gasteiger partial charge in [-0.05, 0) is 12.8 Å². The Hall–Kier alpha value is -1.52. The molecule has 0 unspecified atom stereocenters. The summed E-state index contributed by atoms with van der Waals surface area (Å²) in [6, 6.07) is 0. The molecule has 0 bridgehead atoms. The summed E-state index contributed by atoms with van der Waals surface area (Å²) < 4.78 is 2.89. The molecule has 70 valence electrons. The van der Waals surface area contributed by atoms with Gasteiger partial charge in [0.25, 0.3) is 5.56 Å². The first kappa shape index (κ1) is 8.10. The molecule has 5 heteroatoms. The zero-order chi connectivity index (χ0) is 9.42. The highest BCUT2D eigenvalue weighted by atomic mass is 16.3. The number of rotatable bonds is 1. The Labute approximate surface area is 74.2 Å². The zero-order valence-corrected chi connectivity index (χ0v) is 7.06. The third-order valence-electron chi connectivity index (χ3n) is 2.35. The van der Waals surface area contributed by atoms with Crippen molar-refractivity contribution in [2.45, 2.75) is 25.9 Å². The molecule has 0 atom stereocenters. The molecule has 1 N–H and O–H groups in total. The molecule has 13 heavy (non-hydrogen) atoms. The number of nitrogens with zero attached hydrogens (tertiary/aromatic N) is 2. The average Bonchev–Trinajstić information content (AvgIpc) is 2.41. The van der Waals surface area contributed by atoms with Crippen LogP contribution in [0.25, 0.3) is 0 Å². The lowest BCUT2D eigenvalue weighted by Crippen LogP contribution is -2.27. The predicted molar refractivity (Wildman–Crippen MR) is 45.0 cm³/mol. The summed E-state index contributed by atoms with van der Waals surface area (Å²) in [5.74, 6) is -0.195. The number of aldehydes is 1. The van der Waals surface area contributed by atoms with Crippen LogP contribution in [-0.2, 0) is 13.1 Å². The fourth-order valence-electron chi connectivity index (χ4n) is 1.67. The van der Waals surface area contributed by atoms with Gasteiger partial charge in [0.15, 0.2) is 6.29 Å². The van der Waals surface area contributed by atoms with Crippen molar-refractivity contribution >= 4 is 6.29 Å². The minimum absolute atomic E-state index is 0.123. The van der Waals surface area contributed by atoms with E-state index >= 15 is 0 Å². The number of hydrogen-bond donors (Lipinski definition) is 1. The van der Waals surface area contributed by atoms with Gasteiger partial charge in [-0.1, -0.05) is 0 Å². The zero-order valence-electron chi connectivity index (χ0n) is 7.06. The molecule has 0 radical (unpaired) electrons. The summed E-state index contributed by atoms with van der Waals surface area (Å²) in [5, 5.41) is 9.47. The van der Waals surface area contributed by atoms with Gasteiger partial charge in [-0.3, -0.25) is 14.3 Å². The SMILES string of the molecule is O=Cc1c(O)n2n(c1=O)CCCC2. The second-order valence-corrected chi connectivity index (χ2v) is 3.11. The van der Waals surface area contributed by atoms with Gasteiger partial charge in [-0.15, -0.1) is 0 Å². The third kappa shape index (κ3) is 0.998. The summed E-state index contributed by atoms with van der Waals surface area (Å²) in [6.07, 6.45) is 2.26. The highest BCUT2D eigenvalue weighted by Crippen LogP contribution is 2.17. The van der Waals surface area contributed by atoms with Crippen molar-refractivity contribution in [2.24, 2.45) is 0 Å². The molecule has 1 aliphatic heterocycles. The van der Waals surface area contributed by atoms with E-state index in [9.17, 15) is 14.7 Å². The van der Waals surface area contributed by atoms with Crippen LogP contribution in [0.15, 0.2) is 4.79 Å². The average molecular weight is 182 g/mol. The molecule has 0 saturated carbocycles. The number of carbonyl (C=O) groups excluding carboxylic acids is 1. The van der Waals surface area contributed by atoms with Crippen LogP contribution in [0.5, 0.6) is 5.88 Å². The van der Waals surface area contributed by atoms with E-state index < -0.39 is 0 Å². The molecule has 0 amide bonds. The Morgan fingerprint density at radius 2 is 1.85 bits per heavy atom. The smallest absolute Gasteiger partial charge is 0.281 e. The van der Waals surface area contributed by atoms with E-state index in [1.807, 2.05) is 0 Å². The van der Waals surface area contributed by atoms with Gasteiger partial charge in [-0.25, -0.2) is 4.68 Å². The number of aromatic nitrogens is 2. The van der Waals surface area contributed by atoms with Crippen molar-refractivity contribution in [3.05, 3.63) is 15.9 Å². The highest BCUT2D eigenvalue weighted by molar-refractivity contribution is 5.77. The summed E-state index contributed by atoms with van der Waals surface area (Å²) in [4.78, 5) is 21.9. The Bertz CT molecular complexity index is 402. The largest absolute Gasteiger partial charge is 0.493 e. The van der Waals surface area contributed by atoms with Gasteiger partial charge in [0, 0.05) is 13.1 Å². The number of hydrogen-bond acceptors (Lipinski definition) is 3. The van der Waals surface area contributed by atoms with Crippen LogP contribution in [0.2, 0.25) is 0 Å². The van der Waals surface area contributed by atoms with Crippen LogP contribution in [-0.4, -0.2) is 20.8 Å². The molecule has 1 aliphatic rings. The Kier molecular flexibility index (Phi) is 1.72. The Morgan fingerprint density at radius 1 is 1.23 bits per heavy atom. The Balaban J connectivity index is 2.70. The molecular formula is C8H10N2O3. The van der Waals surface area contributed by atoms with E-state index in [0.717, 1.165) is 12.8 Å². The fourth-order valence-corrected chi connectivity index (χ4v) is 1.67. The van der Waals surface area contributed by atoms with E-state index in [0.29, 0.717) is 19.4 Å². The van der Waals surface area contributed by atoms with E-state index in [-0.39, 0.29) is 17.0 Å². The molecule has 0 spiro atoms. The molecule has 5 nitrogen and oxygen atoms in total. The van der Waals surface area contributed by atoms with Crippen LogP contribution in [0, 0.1) is 0 Å². The normalized spacial score (nSPS) is 15.4. The monoisotopic (exact) mass is 182 g/mol. The number of fused-ring (bicyclic) bond motifs is 1. The molecule has 1 aromatic heterocycles. The molecule has 1 aromatic rings. The van der Waals surface area contributed by atoms with Gasteiger partial charge < -0.3 is 5.11 Å². The van der Waals surface area contributed by atoms with Crippen molar-refractivity contribution in [1.29, 1.82) is 0 Å². The fraction of sp³-hybridized carbons (Fsp3) is 0.500. The Morgan fingerprint density at radius 3 is 2.38 bits per heavy atom. The maximum atomic E-state index is 11.4. The van der Waals surface area contributed by atoms with Crippen molar-refractivity contribution in [3.8, 4) is 5.88 Å². The molecule has 0 saturated heterocycles. The molecule has 2 heterocycles. The molecule has 0 fully saturated rings. The first-order valence-corrected chi connectivity index (χ1v) is 4.23. The van der Waals surface area contributed by atoms with E-state index in [1.54, 1.807) is 0 Å². The van der Waals surface area contributed by atoms with Crippen LogP contribution < -0.4 is 5.56 Å². The van der Waals surface area contributed by atoms with Gasteiger partial charge in [-0.2, -0.15) is 0 Å². The first-order chi connectivity index (χ1) is 6.25. The van der Waals surface area contributed by atoms with Crippen LogP contribution in [0.4, 0.5) is 0 Å². The molecule has 0 aromatic carbocycles. The lowest BCUT2D eigenvalue weighted by atomic mass is 10.3.